The maximum atomic E-state index is 3.90. The number of aryl methyl sites for hydroxylation is 1. The van der Waals surface area contributed by atoms with Crippen LogP contribution in [0.1, 0.15) is 88.7 Å². The Labute approximate surface area is 156 Å². The summed E-state index contributed by atoms with van der Waals surface area (Å²) in [5.41, 5.74) is 3.54. The van der Waals surface area contributed by atoms with Crippen molar-refractivity contribution in [2.75, 3.05) is 0 Å². The third-order valence-corrected chi connectivity index (χ3v) is 7.56. The van der Waals surface area contributed by atoms with Gasteiger partial charge in [-0.15, -0.1) is 6.58 Å². The molecular formula is C25H38. The van der Waals surface area contributed by atoms with Crippen molar-refractivity contribution >= 4 is 0 Å². The largest absolute Gasteiger partial charge is 0.103 e. The first-order chi connectivity index (χ1) is 12.2. The Bertz CT molecular complexity index is 524. The molecule has 1 atom stereocenters. The van der Waals surface area contributed by atoms with E-state index >= 15 is 0 Å². The average Bonchev–Trinajstić information content (AvgIpc) is 2.67. The smallest absolute Gasteiger partial charge is 0.00187 e. The molecule has 1 aromatic carbocycles. The lowest BCUT2D eigenvalue weighted by Gasteiger charge is -2.48. The van der Waals surface area contributed by atoms with Crippen molar-refractivity contribution in [3.63, 3.8) is 0 Å². The quantitative estimate of drug-likeness (QED) is 0.468. The Balaban J connectivity index is 1.71. The summed E-state index contributed by atoms with van der Waals surface area (Å²) in [7, 11) is 0. The molecule has 0 nitrogen and oxygen atoms in total. The fraction of sp³-hybridized carbons (Fsp3) is 0.680. The Kier molecular flexibility index (Phi) is 6.42. The first kappa shape index (κ1) is 18.7. The van der Waals surface area contributed by atoms with Crippen molar-refractivity contribution in [1.29, 1.82) is 0 Å². The molecule has 2 aliphatic carbocycles. The van der Waals surface area contributed by atoms with Crippen molar-refractivity contribution in [1.82, 2.24) is 0 Å². The van der Waals surface area contributed by atoms with E-state index in [4.69, 9.17) is 0 Å². The number of rotatable bonds is 6. The minimum Gasteiger partial charge on any atom is -0.103 e. The molecule has 1 aromatic rings. The van der Waals surface area contributed by atoms with Crippen molar-refractivity contribution in [2.24, 2.45) is 17.8 Å². The van der Waals surface area contributed by atoms with Crippen molar-refractivity contribution in [3.8, 4) is 0 Å². The zero-order valence-electron chi connectivity index (χ0n) is 16.6. The minimum atomic E-state index is 0.487. The number of allylic oxidation sites excluding steroid dienone is 1. The lowest BCUT2D eigenvalue weighted by atomic mass is 9.57. The van der Waals surface area contributed by atoms with Gasteiger partial charge in [0, 0.05) is 0 Å². The first-order valence-electron chi connectivity index (χ1n) is 10.8. The van der Waals surface area contributed by atoms with E-state index in [1.165, 1.54) is 76.2 Å². The van der Waals surface area contributed by atoms with Gasteiger partial charge < -0.3 is 0 Å². The molecule has 2 saturated carbocycles. The molecule has 0 heterocycles. The topological polar surface area (TPSA) is 0 Å². The van der Waals surface area contributed by atoms with E-state index in [0.717, 1.165) is 17.8 Å². The van der Waals surface area contributed by atoms with Crippen LogP contribution >= 0.6 is 0 Å². The van der Waals surface area contributed by atoms with Crippen LogP contribution in [0.4, 0.5) is 0 Å². The van der Waals surface area contributed by atoms with Crippen LogP contribution in [0.15, 0.2) is 36.9 Å². The van der Waals surface area contributed by atoms with E-state index in [-0.39, 0.29) is 0 Å². The molecule has 0 heteroatoms. The highest BCUT2D eigenvalue weighted by atomic mass is 14.5. The summed E-state index contributed by atoms with van der Waals surface area (Å²) in [6.45, 7) is 8.59. The van der Waals surface area contributed by atoms with Gasteiger partial charge in [-0.2, -0.15) is 0 Å². The van der Waals surface area contributed by atoms with E-state index in [1.54, 1.807) is 5.56 Å². The van der Waals surface area contributed by atoms with E-state index in [0.29, 0.717) is 5.41 Å². The Hall–Kier alpha value is -1.04. The lowest BCUT2D eigenvalue weighted by Crippen LogP contribution is -2.40. The summed E-state index contributed by atoms with van der Waals surface area (Å²) < 4.78 is 0. The van der Waals surface area contributed by atoms with Gasteiger partial charge in [-0.1, -0.05) is 62.1 Å². The molecule has 0 radical (unpaired) electrons. The number of hydrogen-bond donors (Lipinski definition) is 0. The molecule has 1 unspecified atom stereocenters. The van der Waals surface area contributed by atoms with Gasteiger partial charge in [0.05, 0.1) is 0 Å². The van der Waals surface area contributed by atoms with Crippen LogP contribution in [0.5, 0.6) is 0 Å². The molecule has 0 amide bonds. The molecule has 3 rings (SSSR count). The normalized spacial score (nSPS) is 27.6. The maximum Gasteiger partial charge on any atom is -0.00187 e. The van der Waals surface area contributed by atoms with Crippen LogP contribution in [-0.4, -0.2) is 0 Å². The fourth-order valence-electron chi connectivity index (χ4n) is 5.86. The van der Waals surface area contributed by atoms with E-state index in [9.17, 15) is 0 Å². The van der Waals surface area contributed by atoms with Crippen LogP contribution in [0.25, 0.3) is 0 Å². The monoisotopic (exact) mass is 338 g/mol. The second-order valence-corrected chi connectivity index (χ2v) is 9.04. The summed E-state index contributed by atoms with van der Waals surface area (Å²) in [5, 5.41) is 0. The SMILES string of the molecule is C=CCCC(C)C1CCC(C2(c3ccc(C)cc3)CCCCC2)CC1. The Morgan fingerprint density at radius 1 is 1.04 bits per heavy atom. The Morgan fingerprint density at radius 2 is 1.68 bits per heavy atom. The molecule has 2 aliphatic rings. The third-order valence-electron chi connectivity index (χ3n) is 7.56. The highest BCUT2D eigenvalue weighted by Crippen LogP contribution is 2.51. The molecule has 25 heavy (non-hydrogen) atoms. The maximum absolute atomic E-state index is 3.90. The first-order valence-corrected chi connectivity index (χ1v) is 10.8. The van der Waals surface area contributed by atoms with Gasteiger partial charge in [-0.05, 0) is 87.0 Å². The molecule has 0 aliphatic heterocycles. The molecule has 0 spiro atoms. The predicted octanol–water partition coefficient (Wildman–Crippen LogP) is 7.61. The second-order valence-electron chi connectivity index (χ2n) is 9.04. The zero-order valence-corrected chi connectivity index (χ0v) is 16.6. The summed E-state index contributed by atoms with van der Waals surface area (Å²) in [6, 6.07) is 9.60. The van der Waals surface area contributed by atoms with Crippen LogP contribution < -0.4 is 0 Å². The van der Waals surface area contributed by atoms with Crippen LogP contribution in [-0.2, 0) is 5.41 Å². The summed E-state index contributed by atoms with van der Waals surface area (Å²) in [4.78, 5) is 0. The van der Waals surface area contributed by atoms with Gasteiger partial charge >= 0.3 is 0 Å². The van der Waals surface area contributed by atoms with E-state index in [1.807, 2.05) is 0 Å². The zero-order chi connectivity index (χ0) is 17.7. The van der Waals surface area contributed by atoms with Crippen molar-refractivity contribution < 1.29 is 0 Å². The highest BCUT2D eigenvalue weighted by molar-refractivity contribution is 5.30. The highest BCUT2D eigenvalue weighted by Gasteiger charge is 2.42. The summed E-state index contributed by atoms with van der Waals surface area (Å²) >= 11 is 0. The molecular weight excluding hydrogens is 300 g/mol. The molecule has 0 aromatic heterocycles. The molecule has 2 fully saturated rings. The van der Waals surface area contributed by atoms with E-state index < -0.39 is 0 Å². The fourth-order valence-corrected chi connectivity index (χ4v) is 5.86. The molecule has 0 saturated heterocycles. The lowest BCUT2D eigenvalue weighted by molar-refractivity contribution is 0.110. The number of hydrogen-bond acceptors (Lipinski definition) is 0. The van der Waals surface area contributed by atoms with Gasteiger partial charge in [0.15, 0.2) is 0 Å². The molecule has 0 bridgehead atoms. The molecule has 0 N–H and O–H groups in total. The summed E-state index contributed by atoms with van der Waals surface area (Å²) in [6.07, 6.45) is 17.6. The van der Waals surface area contributed by atoms with Crippen LogP contribution in [0.2, 0.25) is 0 Å². The summed E-state index contributed by atoms with van der Waals surface area (Å²) in [5.74, 6) is 2.74. The van der Waals surface area contributed by atoms with Gasteiger partial charge in [0.25, 0.3) is 0 Å². The van der Waals surface area contributed by atoms with Gasteiger partial charge in [0.2, 0.25) is 0 Å². The third kappa shape index (κ3) is 4.21. The average molecular weight is 339 g/mol. The van der Waals surface area contributed by atoms with Crippen LogP contribution in [0, 0.1) is 24.7 Å². The van der Waals surface area contributed by atoms with E-state index in [2.05, 4.69) is 50.8 Å². The predicted molar refractivity (Wildman–Crippen MR) is 110 cm³/mol. The standard InChI is InChI=1S/C25H38/c1-4-5-9-21(3)22-12-16-24(17-13-22)25(18-7-6-8-19-25)23-14-10-20(2)11-15-23/h4,10-11,14-15,21-22,24H,1,5-9,12-13,16-19H2,2-3H3. The van der Waals surface area contributed by atoms with Gasteiger partial charge in [-0.25, -0.2) is 0 Å². The van der Waals surface area contributed by atoms with Crippen LogP contribution in [0.3, 0.4) is 0 Å². The minimum absolute atomic E-state index is 0.487. The molecule has 138 valence electrons. The Morgan fingerprint density at radius 3 is 2.28 bits per heavy atom. The van der Waals surface area contributed by atoms with Crippen molar-refractivity contribution in [3.05, 3.63) is 48.0 Å². The van der Waals surface area contributed by atoms with Crippen molar-refractivity contribution in [2.45, 2.75) is 89.9 Å². The van der Waals surface area contributed by atoms with Gasteiger partial charge in [-0.3, -0.25) is 0 Å². The number of benzene rings is 1. The van der Waals surface area contributed by atoms with Gasteiger partial charge in [0.1, 0.15) is 0 Å². The second kappa shape index (κ2) is 8.56.